The molecule has 3 atom stereocenters. The molecule has 11 heteroatoms. The number of carboxylic acid groups (broad SMARTS) is 1. The van der Waals surface area contributed by atoms with Gasteiger partial charge in [0.2, 0.25) is 12.3 Å². The summed E-state index contributed by atoms with van der Waals surface area (Å²) in [6.45, 7) is 1.77. The zero-order valence-electron chi connectivity index (χ0n) is 17.9. The Morgan fingerprint density at radius 3 is 2.41 bits per heavy atom. The Labute approximate surface area is 189 Å². The van der Waals surface area contributed by atoms with Gasteiger partial charge in [-0.05, 0) is 30.2 Å². The first-order valence-corrected chi connectivity index (χ1v) is 10.7. The van der Waals surface area contributed by atoms with Gasteiger partial charge in [0.05, 0.1) is 0 Å². The molecule has 0 spiro atoms. The smallest absolute Gasteiger partial charge is 0.352 e. The van der Waals surface area contributed by atoms with Gasteiger partial charge in [0.1, 0.15) is 28.9 Å². The number of aliphatic carboxylic acids is 1. The summed E-state index contributed by atoms with van der Waals surface area (Å²) >= 11 is 1.39. The first-order chi connectivity index (χ1) is 15.1. The van der Waals surface area contributed by atoms with Gasteiger partial charge in [0.15, 0.2) is 0 Å². The van der Waals surface area contributed by atoms with E-state index < -0.39 is 35.2 Å². The highest BCUT2D eigenvalue weighted by Gasteiger charge is 2.54. The molecule has 3 rings (SSSR count). The van der Waals surface area contributed by atoms with Crippen LogP contribution in [0.3, 0.4) is 0 Å². The molecule has 32 heavy (non-hydrogen) atoms. The minimum Gasteiger partial charge on any atom is -0.508 e. The van der Waals surface area contributed by atoms with E-state index in [1.165, 1.54) is 45.8 Å². The minimum atomic E-state index is -1.17. The summed E-state index contributed by atoms with van der Waals surface area (Å²) in [4.78, 5) is 48.6. The number of nitrogens with zero attached hydrogens (tertiary/aromatic N) is 2. The fourth-order valence-electron chi connectivity index (χ4n) is 3.05. The molecule has 0 aromatic heterocycles. The Morgan fingerprint density at radius 1 is 1.31 bits per heavy atom. The maximum absolute atomic E-state index is 12.5. The number of nitrogens with one attached hydrogen (secondary N) is 1. The van der Waals surface area contributed by atoms with Gasteiger partial charge < -0.3 is 26.2 Å². The highest BCUT2D eigenvalue weighted by molar-refractivity contribution is 8.00. The number of carboxylic acids is 1. The van der Waals surface area contributed by atoms with Gasteiger partial charge in [-0.3, -0.25) is 19.3 Å². The Kier molecular flexibility index (Phi) is 8.44. The second-order valence-corrected chi connectivity index (χ2v) is 8.32. The number of amides is 3. The normalized spacial score (nSPS) is 20.5. The summed E-state index contributed by atoms with van der Waals surface area (Å²) in [5.74, 6) is -1.71. The largest absolute Gasteiger partial charge is 0.508 e. The summed E-state index contributed by atoms with van der Waals surface area (Å²) in [6, 6.07) is 4.06. The lowest BCUT2D eigenvalue weighted by Gasteiger charge is -2.49. The Morgan fingerprint density at radius 2 is 1.91 bits per heavy atom. The Bertz CT molecular complexity index is 944. The molecule has 0 radical (unpaired) electrons. The lowest BCUT2D eigenvalue weighted by atomic mass is 10.0. The van der Waals surface area contributed by atoms with Crippen LogP contribution in [-0.4, -0.2) is 75.5 Å². The van der Waals surface area contributed by atoms with Gasteiger partial charge in [0, 0.05) is 19.8 Å². The van der Waals surface area contributed by atoms with Gasteiger partial charge in [-0.2, -0.15) is 0 Å². The summed E-state index contributed by atoms with van der Waals surface area (Å²) in [5.41, 5.74) is 6.93. The number of fused-ring (bicyclic) bond motifs is 1. The topological polar surface area (TPSA) is 153 Å². The summed E-state index contributed by atoms with van der Waals surface area (Å²) in [7, 11) is 3.38. The lowest BCUT2D eigenvalue weighted by molar-refractivity contribution is -0.150. The van der Waals surface area contributed by atoms with Crippen LogP contribution in [0.25, 0.3) is 0 Å². The Hall–Kier alpha value is -3.31. The molecular weight excluding hydrogens is 436 g/mol. The molecule has 2 aliphatic rings. The van der Waals surface area contributed by atoms with E-state index in [9.17, 15) is 29.4 Å². The number of carbonyl (C=O) groups is 4. The van der Waals surface area contributed by atoms with Gasteiger partial charge >= 0.3 is 5.97 Å². The van der Waals surface area contributed by atoms with Gasteiger partial charge in [0.25, 0.3) is 5.91 Å². The number of phenols is 1. The number of aromatic hydroxyl groups is 1. The number of hydrogen-bond donors (Lipinski definition) is 4. The molecule has 10 nitrogen and oxygen atoms in total. The van der Waals surface area contributed by atoms with E-state index in [0.717, 1.165) is 6.41 Å². The molecule has 0 aliphatic carbocycles. The molecule has 2 aliphatic heterocycles. The first kappa shape index (κ1) is 25.0. The predicted octanol–water partition coefficient (Wildman–Crippen LogP) is 0.411. The third kappa shape index (κ3) is 5.48. The molecule has 172 valence electrons. The fraction of sp³-hybridized carbons (Fsp3) is 0.333. The highest BCUT2D eigenvalue weighted by atomic mass is 32.2. The number of carbonyl (C=O) groups excluding carboxylic acids is 3. The molecule has 2 heterocycles. The molecule has 1 saturated heterocycles. The number of thioether (sulfide) groups is 1. The standard InChI is InChI=1S/C18H19N3O5S.C3H7NO/c1-2-3-10-8-27-17-13(16(24)21(17)14(10)18(25)26)20-15(23)12(19)9-4-6-11(22)7-5-9;1-4(2)3-5/h2-7,12-13,17,22H,8,19H2,1H3,(H,20,23)(H,25,26);3H,1-2H3/b3-2+;/t12-,13-,17-;/m1./s1. The fourth-order valence-corrected chi connectivity index (χ4v) is 4.37. The number of rotatable bonds is 6. The van der Waals surface area contributed by atoms with Crippen molar-refractivity contribution in [3.05, 3.63) is 53.3 Å². The zero-order valence-corrected chi connectivity index (χ0v) is 18.7. The molecule has 1 fully saturated rings. The van der Waals surface area contributed by atoms with E-state index in [2.05, 4.69) is 5.32 Å². The average Bonchev–Trinajstić information content (AvgIpc) is 2.77. The van der Waals surface area contributed by atoms with Crippen LogP contribution in [-0.2, 0) is 19.2 Å². The van der Waals surface area contributed by atoms with Crippen molar-refractivity contribution >= 4 is 36.0 Å². The number of β-lactam (4-membered cyclic amide) rings is 1. The van der Waals surface area contributed by atoms with Crippen molar-refractivity contribution in [2.45, 2.75) is 24.4 Å². The van der Waals surface area contributed by atoms with Gasteiger partial charge in [-0.1, -0.05) is 24.3 Å². The molecule has 1 aromatic rings. The molecule has 5 N–H and O–H groups in total. The molecular formula is C21H26N4O6S. The van der Waals surface area contributed by atoms with Crippen LogP contribution in [0.1, 0.15) is 18.5 Å². The summed E-state index contributed by atoms with van der Waals surface area (Å²) in [5, 5.41) is 20.9. The summed E-state index contributed by atoms with van der Waals surface area (Å²) in [6.07, 6.45) is 4.14. The molecule has 1 aromatic carbocycles. The maximum Gasteiger partial charge on any atom is 0.352 e. The van der Waals surface area contributed by atoms with Crippen LogP contribution in [0.4, 0.5) is 0 Å². The zero-order chi connectivity index (χ0) is 24.0. The third-order valence-electron chi connectivity index (χ3n) is 4.61. The van der Waals surface area contributed by atoms with Gasteiger partial charge in [-0.25, -0.2) is 4.79 Å². The molecule has 0 saturated carbocycles. The van der Waals surface area contributed by atoms with Crippen LogP contribution >= 0.6 is 11.8 Å². The quantitative estimate of drug-likeness (QED) is 0.350. The van der Waals surface area contributed by atoms with Crippen molar-refractivity contribution in [1.82, 2.24) is 15.1 Å². The Balaban J connectivity index is 0.000000654. The predicted molar refractivity (Wildman–Crippen MR) is 119 cm³/mol. The second-order valence-electron chi connectivity index (χ2n) is 7.21. The van der Waals surface area contributed by atoms with Crippen molar-refractivity contribution in [2.75, 3.05) is 19.8 Å². The first-order valence-electron chi connectivity index (χ1n) is 9.62. The SMILES string of the molecule is C/C=C/C1=C(C(=O)O)N2C(=O)[C@@H](NC(=O)[C@H](N)c3ccc(O)cc3)[C@H]2SC1.CN(C)C=O. The van der Waals surface area contributed by atoms with Crippen molar-refractivity contribution in [2.24, 2.45) is 5.73 Å². The van der Waals surface area contributed by atoms with E-state index in [4.69, 9.17) is 5.73 Å². The number of benzene rings is 1. The van der Waals surface area contributed by atoms with E-state index in [1.54, 1.807) is 33.2 Å². The van der Waals surface area contributed by atoms with Crippen LogP contribution < -0.4 is 11.1 Å². The monoisotopic (exact) mass is 462 g/mol. The third-order valence-corrected chi connectivity index (χ3v) is 5.91. The minimum absolute atomic E-state index is 0.0461. The van der Waals surface area contributed by atoms with Crippen LogP contribution in [0, 0.1) is 0 Å². The molecule has 0 bridgehead atoms. The van der Waals surface area contributed by atoms with Crippen molar-refractivity contribution in [1.29, 1.82) is 0 Å². The van der Waals surface area contributed by atoms with E-state index >= 15 is 0 Å². The van der Waals surface area contributed by atoms with Crippen molar-refractivity contribution in [3.8, 4) is 5.75 Å². The van der Waals surface area contributed by atoms with Crippen LogP contribution in [0.5, 0.6) is 5.75 Å². The number of nitrogens with two attached hydrogens (primary N) is 1. The van der Waals surface area contributed by atoms with Gasteiger partial charge in [-0.15, -0.1) is 11.8 Å². The lowest BCUT2D eigenvalue weighted by Crippen LogP contribution is -2.71. The molecule has 3 amide bonds. The molecule has 0 unspecified atom stereocenters. The number of phenolic OH excluding ortho intramolecular Hbond substituents is 1. The van der Waals surface area contributed by atoms with Crippen LogP contribution in [0.15, 0.2) is 47.7 Å². The highest BCUT2D eigenvalue weighted by Crippen LogP contribution is 2.40. The van der Waals surface area contributed by atoms with E-state index in [-0.39, 0.29) is 11.4 Å². The van der Waals surface area contributed by atoms with Crippen LogP contribution in [0.2, 0.25) is 0 Å². The number of hydrogen-bond acceptors (Lipinski definition) is 7. The van der Waals surface area contributed by atoms with Crippen molar-refractivity contribution < 1.29 is 29.4 Å². The second kappa shape index (κ2) is 10.8. The average molecular weight is 463 g/mol. The van der Waals surface area contributed by atoms with E-state index in [1.807, 2.05) is 0 Å². The number of allylic oxidation sites excluding steroid dienone is 2. The van der Waals surface area contributed by atoms with E-state index in [0.29, 0.717) is 16.9 Å². The summed E-state index contributed by atoms with van der Waals surface area (Å²) < 4.78 is 0. The van der Waals surface area contributed by atoms with Crippen molar-refractivity contribution in [3.63, 3.8) is 0 Å². The maximum atomic E-state index is 12.5.